The van der Waals surface area contributed by atoms with Gasteiger partial charge in [-0.05, 0) is 31.0 Å². The first kappa shape index (κ1) is 13.5. The van der Waals surface area contributed by atoms with Gasteiger partial charge in [-0.25, -0.2) is 0 Å². The molecule has 0 aliphatic carbocycles. The number of rotatable bonds is 4. The molecule has 0 saturated carbocycles. The zero-order valence-corrected chi connectivity index (χ0v) is 11.7. The lowest BCUT2D eigenvalue weighted by Gasteiger charge is -2.11. The fourth-order valence-electron chi connectivity index (χ4n) is 1.64. The van der Waals surface area contributed by atoms with Crippen molar-refractivity contribution in [3.8, 4) is 0 Å². The molecule has 0 spiro atoms. The molecule has 0 bridgehead atoms. The molecule has 5 nitrogen and oxygen atoms in total. The lowest BCUT2D eigenvalue weighted by molar-refractivity contribution is -0.117. The zero-order chi connectivity index (χ0) is 13.8. The third-order valence-corrected chi connectivity index (χ3v) is 3.79. The smallest absolute Gasteiger partial charge is 0.233 e. The van der Waals surface area contributed by atoms with Gasteiger partial charge in [0.1, 0.15) is 5.01 Å². The molecule has 1 heterocycles. The molecule has 19 heavy (non-hydrogen) atoms. The SMILES string of the molecule is CCc1nnc(NC(=O)C(C)c2cccc(N)c2)s1. The van der Waals surface area contributed by atoms with Gasteiger partial charge in [0.25, 0.3) is 0 Å². The van der Waals surface area contributed by atoms with Crippen molar-refractivity contribution in [1.29, 1.82) is 0 Å². The molecule has 3 N–H and O–H groups in total. The Morgan fingerprint density at radius 1 is 1.47 bits per heavy atom. The summed E-state index contributed by atoms with van der Waals surface area (Å²) in [6.45, 7) is 3.84. The summed E-state index contributed by atoms with van der Waals surface area (Å²) in [5.41, 5.74) is 7.26. The number of aromatic nitrogens is 2. The molecule has 1 amide bonds. The van der Waals surface area contributed by atoms with Crippen LogP contribution >= 0.6 is 11.3 Å². The van der Waals surface area contributed by atoms with Crippen LogP contribution in [0.1, 0.15) is 30.3 Å². The summed E-state index contributed by atoms with van der Waals surface area (Å²) in [5.74, 6) is -0.387. The fraction of sp³-hybridized carbons (Fsp3) is 0.308. The summed E-state index contributed by atoms with van der Waals surface area (Å²) >= 11 is 1.40. The number of aryl methyl sites for hydroxylation is 1. The van der Waals surface area contributed by atoms with Crippen LogP contribution in [0.15, 0.2) is 24.3 Å². The van der Waals surface area contributed by atoms with Crippen molar-refractivity contribution in [2.45, 2.75) is 26.2 Å². The van der Waals surface area contributed by atoms with Crippen LogP contribution in [0.4, 0.5) is 10.8 Å². The molecule has 1 atom stereocenters. The third kappa shape index (κ3) is 3.29. The maximum absolute atomic E-state index is 12.1. The van der Waals surface area contributed by atoms with Crippen LogP contribution in [0, 0.1) is 0 Å². The second kappa shape index (κ2) is 5.79. The molecular weight excluding hydrogens is 260 g/mol. The largest absolute Gasteiger partial charge is 0.399 e. The molecule has 1 aromatic carbocycles. The Morgan fingerprint density at radius 3 is 2.89 bits per heavy atom. The lowest BCUT2D eigenvalue weighted by Crippen LogP contribution is -2.18. The monoisotopic (exact) mass is 276 g/mol. The van der Waals surface area contributed by atoms with Crippen LogP contribution in [0.3, 0.4) is 0 Å². The molecule has 1 unspecified atom stereocenters. The van der Waals surface area contributed by atoms with Gasteiger partial charge in [-0.1, -0.05) is 30.4 Å². The highest BCUT2D eigenvalue weighted by atomic mass is 32.1. The van der Waals surface area contributed by atoms with Gasteiger partial charge in [0, 0.05) is 5.69 Å². The molecule has 0 saturated heterocycles. The van der Waals surface area contributed by atoms with E-state index in [1.807, 2.05) is 32.0 Å². The molecule has 0 radical (unpaired) electrons. The Hall–Kier alpha value is -1.95. The van der Waals surface area contributed by atoms with Crippen molar-refractivity contribution in [3.05, 3.63) is 34.8 Å². The summed E-state index contributed by atoms with van der Waals surface area (Å²) < 4.78 is 0. The van der Waals surface area contributed by atoms with Gasteiger partial charge >= 0.3 is 0 Å². The Labute approximate surface area is 115 Å². The summed E-state index contributed by atoms with van der Waals surface area (Å²) in [6, 6.07) is 7.33. The summed E-state index contributed by atoms with van der Waals surface area (Å²) in [6.07, 6.45) is 0.818. The summed E-state index contributed by atoms with van der Waals surface area (Å²) in [7, 11) is 0. The molecule has 1 aromatic heterocycles. The van der Waals surface area contributed by atoms with Crippen molar-refractivity contribution in [3.63, 3.8) is 0 Å². The molecule has 2 aromatic rings. The van der Waals surface area contributed by atoms with Gasteiger partial charge in [-0.15, -0.1) is 10.2 Å². The number of nitrogens with one attached hydrogen (secondary N) is 1. The van der Waals surface area contributed by atoms with Crippen molar-refractivity contribution in [2.75, 3.05) is 11.1 Å². The highest BCUT2D eigenvalue weighted by molar-refractivity contribution is 7.15. The van der Waals surface area contributed by atoms with Crippen molar-refractivity contribution in [1.82, 2.24) is 10.2 Å². The molecular formula is C13H16N4OS. The van der Waals surface area contributed by atoms with Gasteiger partial charge in [-0.2, -0.15) is 0 Å². The second-order valence-corrected chi connectivity index (χ2v) is 5.30. The number of carbonyl (C=O) groups excluding carboxylic acids is 1. The lowest BCUT2D eigenvalue weighted by atomic mass is 10.00. The van der Waals surface area contributed by atoms with E-state index in [-0.39, 0.29) is 11.8 Å². The standard InChI is InChI=1S/C13H16N4OS/c1-3-11-16-17-13(19-11)15-12(18)8(2)9-5-4-6-10(14)7-9/h4-8H,3,14H2,1-2H3,(H,15,17,18). The number of carbonyl (C=O) groups is 1. The Balaban J connectivity index is 2.07. The predicted octanol–water partition coefficient (Wildman–Crippen LogP) is 2.42. The highest BCUT2D eigenvalue weighted by Gasteiger charge is 2.17. The van der Waals surface area contributed by atoms with Gasteiger partial charge < -0.3 is 11.1 Å². The average Bonchev–Trinajstić information content (AvgIpc) is 2.85. The normalized spacial score (nSPS) is 12.1. The minimum absolute atomic E-state index is 0.107. The van der Waals surface area contributed by atoms with E-state index in [0.29, 0.717) is 10.8 Å². The van der Waals surface area contributed by atoms with Gasteiger partial charge in [0.15, 0.2) is 0 Å². The van der Waals surface area contributed by atoms with E-state index in [1.165, 1.54) is 11.3 Å². The minimum atomic E-state index is -0.280. The maximum atomic E-state index is 12.1. The molecule has 6 heteroatoms. The fourth-order valence-corrected chi connectivity index (χ4v) is 2.32. The number of amides is 1. The van der Waals surface area contributed by atoms with E-state index in [2.05, 4.69) is 15.5 Å². The van der Waals surface area contributed by atoms with E-state index in [0.717, 1.165) is 17.0 Å². The maximum Gasteiger partial charge on any atom is 0.233 e. The van der Waals surface area contributed by atoms with Crippen molar-refractivity contribution in [2.24, 2.45) is 0 Å². The van der Waals surface area contributed by atoms with Crippen LogP contribution in [0.25, 0.3) is 0 Å². The Bertz CT molecular complexity index is 582. The molecule has 100 valence electrons. The number of hydrogen-bond acceptors (Lipinski definition) is 5. The van der Waals surface area contributed by atoms with E-state index in [9.17, 15) is 4.79 Å². The third-order valence-electron chi connectivity index (χ3n) is 2.80. The first-order chi connectivity index (χ1) is 9.10. The van der Waals surface area contributed by atoms with E-state index in [4.69, 9.17) is 5.73 Å². The summed E-state index contributed by atoms with van der Waals surface area (Å²) in [5, 5.41) is 12.1. The predicted molar refractivity (Wildman–Crippen MR) is 77.2 cm³/mol. The molecule has 0 aliphatic rings. The number of nitrogens with two attached hydrogens (primary N) is 1. The minimum Gasteiger partial charge on any atom is -0.399 e. The van der Waals surface area contributed by atoms with E-state index >= 15 is 0 Å². The number of hydrogen-bond donors (Lipinski definition) is 2. The molecule has 0 fully saturated rings. The van der Waals surface area contributed by atoms with E-state index < -0.39 is 0 Å². The van der Waals surface area contributed by atoms with Gasteiger partial charge in [-0.3, -0.25) is 4.79 Å². The van der Waals surface area contributed by atoms with Crippen LogP contribution in [0.2, 0.25) is 0 Å². The van der Waals surface area contributed by atoms with E-state index in [1.54, 1.807) is 6.07 Å². The number of benzene rings is 1. The number of nitrogen functional groups attached to an aromatic ring is 1. The van der Waals surface area contributed by atoms with Crippen LogP contribution in [0.5, 0.6) is 0 Å². The van der Waals surface area contributed by atoms with Crippen molar-refractivity contribution >= 4 is 28.1 Å². The topological polar surface area (TPSA) is 80.9 Å². The Kier molecular flexibility index (Phi) is 4.11. The molecule has 0 aliphatic heterocycles. The van der Waals surface area contributed by atoms with Gasteiger partial charge in [0.05, 0.1) is 5.92 Å². The number of nitrogens with zero attached hydrogens (tertiary/aromatic N) is 2. The summed E-state index contributed by atoms with van der Waals surface area (Å²) in [4.78, 5) is 12.1. The van der Waals surface area contributed by atoms with Crippen LogP contribution in [-0.4, -0.2) is 16.1 Å². The Morgan fingerprint density at radius 2 is 2.26 bits per heavy atom. The number of anilines is 2. The first-order valence-corrected chi connectivity index (χ1v) is 6.90. The highest BCUT2D eigenvalue weighted by Crippen LogP contribution is 2.21. The first-order valence-electron chi connectivity index (χ1n) is 6.08. The van der Waals surface area contributed by atoms with Crippen LogP contribution in [-0.2, 0) is 11.2 Å². The average molecular weight is 276 g/mol. The second-order valence-electron chi connectivity index (χ2n) is 4.24. The van der Waals surface area contributed by atoms with Crippen molar-refractivity contribution < 1.29 is 4.79 Å². The quantitative estimate of drug-likeness (QED) is 0.840. The van der Waals surface area contributed by atoms with Gasteiger partial charge in [0.2, 0.25) is 11.0 Å². The molecule has 2 rings (SSSR count). The zero-order valence-electron chi connectivity index (χ0n) is 10.9. The van der Waals surface area contributed by atoms with Crippen LogP contribution < -0.4 is 11.1 Å².